The van der Waals surface area contributed by atoms with E-state index in [1.807, 2.05) is 91.0 Å². The smallest absolute Gasteiger partial charge is 0.325 e. The summed E-state index contributed by atoms with van der Waals surface area (Å²) in [6, 6.07) is 28.5. The van der Waals surface area contributed by atoms with Gasteiger partial charge in [-0.15, -0.1) is 0 Å². The third-order valence-corrected chi connectivity index (χ3v) is 5.81. The van der Waals surface area contributed by atoms with Crippen LogP contribution >= 0.6 is 8.07 Å². The molecule has 0 amide bonds. The van der Waals surface area contributed by atoms with Gasteiger partial charge in [0.25, 0.3) is 0 Å². The Kier molecular flexibility index (Phi) is 5.37. The van der Waals surface area contributed by atoms with Gasteiger partial charge in [-0.05, 0) is 16.2 Å². The number of rotatable bonds is 6. The first-order chi connectivity index (χ1) is 11.8. The first kappa shape index (κ1) is 16.4. The highest BCUT2D eigenvalue weighted by Gasteiger charge is 2.25. The summed E-state index contributed by atoms with van der Waals surface area (Å²) in [5, 5.41) is 15.3. The Morgan fingerprint density at radius 2 is 1.17 bits per heavy atom. The number of carbonyl (C=O) groups is 1. The standard InChI is InChI=1S/C20H18NO2P/c22-20(23)19(16-10-4-1-5-11-16)21-24(17-12-6-2-7-13-17)18-14-8-3-9-15-18/h1-15,19,21H,(H,22,23). The van der Waals surface area contributed by atoms with Crippen LogP contribution in [0.25, 0.3) is 0 Å². The quantitative estimate of drug-likeness (QED) is 0.679. The van der Waals surface area contributed by atoms with Crippen molar-refractivity contribution in [3.8, 4) is 0 Å². The molecule has 1 atom stereocenters. The van der Waals surface area contributed by atoms with Crippen LogP contribution in [0.3, 0.4) is 0 Å². The van der Waals surface area contributed by atoms with E-state index in [0.29, 0.717) is 0 Å². The highest BCUT2D eigenvalue weighted by atomic mass is 31.1. The van der Waals surface area contributed by atoms with E-state index in [1.165, 1.54) is 0 Å². The van der Waals surface area contributed by atoms with Crippen molar-refractivity contribution in [3.05, 3.63) is 96.6 Å². The first-order valence-corrected chi connectivity index (χ1v) is 9.04. The van der Waals surface area contributed by atoms with E-state index < -0.39 is 20.1 Å². The second-order valence-electron chi connectivity index (χ2n) is 5.32. The molecule has 3 aromatic carbocycles. The zero-order valence-corrected chi connectivity index (χ0v) is 13.9. The molecular formula is C20H18NO2P. The molecule has 2 N–H and O–H groups in total. The summed E-state index contributed by atoms with van der Waals surface area (Å²) < 4.78 is 0. The Morgan fingerprint density at radius 1 is 0.750 bits per heavy atom. The van der Waals surface area contributed by atoms with Crippen LogP contribution in [0.15, 0.2) is 91.0 Å². The van der Waals surface area contributed by atoms with Gasteiger partial charge in [0.1, 0.15) is 6.04 Å². The number of carboxylic acid groups (broad SMARTS) is 1. The lowest BCUT2D eigenvalue weighted by molar-refractivity contribution is -0.139. The maximum Gasteiger partial charge on any atom is 0.325 e. The fraction of sp³-hybridized carbons (Fsp3) is 0.0500. The van der Waals surface area contributed by atoms with Crippen LogP contribution < -0.4 is 15.7 Å². The van der Waals surface area contributed by atoms with Crippen LogP contribution in [0.1, 0.15) is 11.6 Å². The summed E-state index contributed by atoms with van der Waals surface area (Å²) in [5.74, 6) is -0.874. The van der Waals surface area contributed by atoms with Crippen molar-refractivity contribution in [3.63, 3.8) is 0 Å². The van der Waals surface area contributed by atoms with Gasteiger partial charge in [0.05, 0.1) is 0 Å². The molecule has 120 valence electrons. The highest BCUT2D eigenvalue weighted by Crippen LogP contribution is 2.33. The summed E-state index contributed by atoms with van der Waals surface area (Å²) in [6.45, 7) is 0. The summed E-state index contributed by atoms with van der Waals surface area (Å²) in [4.78, 5) is 11.8. The molecule has 0 aliphatic heterocycles. The van der Waals surface area contributed by atoms with Crippen LogP contribution in [0.4, 0.5) is 0 Å². The van der Waals surface area contributed by atoms with Crippen molar-refractivity contribution in [2.24, 2.45) is 0 Å². The van der Waals surface area contributed by atoms with E-state index in [4.69, 9.17) is 0 Å². The SMILES string of the molecule is O=C(O)C(NP(c1ccccc1)c1ccccc1)c1ccccc1. The number of benzene rings is 3. The molecule has 0 fully saturated rings. The minimum Gasteiger partial charge on any atom is -0.480 e. The minimum absolute atomic E-state index is 0.752. The average Bonchev–Trinajstić information content (AvgIpc) is 2.64. The van der Waals surface area contributed by atoms with Gasteiger partial charge in [-0.25, -0.2) is 0 Å². The number of nitrogens with one attached hydrogen (secondary N) is 1. The highest BCUT2D eigenvalue weighted by molar-refractivity contribution is 7.71. The molecule has 0 aliphatic rings. The summed E-state index contributed by atoms with van der Waals surface area (Å²) in [6.07, 6.45) is 0. The van der Waals surface area contributed by atoms with Crippen LogP contribution in [-0.4, -0.2) is 11.1 Å². The third-order valence-electron chi connectivity index (χ3n) is 3.67. The van der Waals surface area contributed by atoms with Gasteiger partial charge >= 0.3 is 5.97 Å². The molecule has 0 aromatic heterocycles. The maximum atomic E-state index is 11.8. The lowest BCUT2D eigenvalue weighted by atomic mass is 10.1. The van der Waals surface area contributed by atoms with E-state index in [9.17, 15) is 9.90 Å². The van der Waals surface area contributed by atoms with E-state index in [2.05, 4.69) is 5.09 Å². The predicted molar refractivity (Wildman–Crippen MR) is 99.0 cm³/mol. The second kappa shape index (κ2) is 7.87. The van der Waals surface area contributed by atoms with Gasteiger partial charge in [0, 0.05) is 8.07 Å². The van der Waals surface area contributed by atoms with Gasteiger partial charge in [0.2, 0.25) is 0 Å². The fourth-order valence-electron chi connectivity index (χ4n) is 2.50. The Labute approximate surface area is 142 Å². The lowest BCUT2D eigenvalue weighted by Gasteiger charge is -2.24. The van der Waals surface area contributed by atoms with Gasteiger partial charge in [-0.3, -0.25) is 9.88 Å². The monoisotopic (exact) mass is 335 g/mol. The molecule has 0 spiro atoms. The van der Waals surface area contributed by atoms with Crippen molar-refractivity contribution < 1.29 is 9.90 Å². The third kappa shape index (κ3) is 3.88. The molecule has 3 nitrogen and oxygen atoms in total. The van der Waals surface area contributed by atoms with Crippen LogP contribution in [-0.2, 0) is 4.79 Å². The van der Waals surface area contributed by atoms with Gasteiger partial charge in [-0.2, -0.15) is 0 Å². The van der Waals surface area contributed by atoms with Crippen LogP contribution in [0, 0.1) is 0 Å². The van der Waals surface area contributed by atoms with Crippen molar-refractivity contribution in [1.82, 2.24) is 5.09 Å². The minimum atomic E-state index is -0.977. The zero-order chi connectivity index (χ0) is 16.8. The fourth-order valence-corrected chi connectivity index (χ4v) is 4.55. The molecule has 0 radical (unpaired) electrons. The molecular weight excluding hydrogens is 317 g/mol. The molecule has 0 bridgehead atoms. The van der Waals surface area contributed by atoms with Gasteiger partial charge < -0.3 is 5.11 Å². The van der Waals surface area contributed by atoms with Crippen molar-refractivity contribution in [1.29, 1.82) is 0 Å². The number of carboxylic acids is 1. The summed E-state index contributed by atoms with van der Waals surface area (Å²) in [7, 11) is -0.977. The van der Waals surface area contributed by atoms with Crippen molar-refractivity contribution >= 4 is 24.7 Å². The number of aliphatic carboxylic acids is 1. The molecule has 0 saturated carbocycles. The van der Waals surface area contributed by atoms with Gasteiger partial charge in [0.15, 0.2) is 0 Å². The Morgan fingerprint density at radius 3 is 1.58 bits per heavy atom. The maximum absolute atomic E-state index is 11.8. The van der Waals surface area contributed by atoms with E-state index in [-0.39, 0.29) is 0 Å². The molecule has 0 heterocycles. The van der Waals surface area contributed by atoms with Crippen molar-refractivity contribution in [2.75, 3.05) is 0 Å². The van der Waals surface area contributed by atoms with Crippen LogP contribution in [0.2, 0.25) is 0 Å². The summed E-state index contributed by atoms with van der Waals surface area (Å²) in [5.41, 5.74) is 0.754. The lowest BCUT2D eigenvalue weighted by Crippen LogP contribution is -2.31. The number of hydrogen-bond acceptors (Lipinski definition) is 2. The van der Waals surface area contributed by atoms with E-state index >= 15 is 0 Å². The molecule has 3 aromatic rings. The number of hydrogen-bond donors (Lipinski definition) is 2. The topological polar surface area (TPSA) is 49.3 Å². The molecule has 24 heavy (non-hydrogen) atoms. The molecule has 4 heteroatoms. The Balaban J connectivity index is 1.98. The first-order valence-electron chi connectivity index (χ1n) is 7.70. The van der Waals surface area contributed by atoms with Crippen LogP contribution in [0.5, 0.6) is 0 Å². The Hall–Kier alpha value is -2.48. The summed E-state index contributed by atoms with van der Waals surface area (Å²) >= 11 is 0. The zero-order valence-electron chi connectivity index (χ0n) is 13.0. The van der Waals surface area contributed by atoms with Crippen molar-refractivity contribution in [2.45, 2.75) is 6.04 Å². The van der Waals surface area contributed by atoms with E-state index in [0.717, 1.165) is 16.2 Å². The molecule has 3 rings (SSSR count). The second-order valence-corrected chi connectivity index (χ2v) is 7.28. The Bertz CT molecular complexity index is 739. The average molecular weight is 335 g/mol. The van der Waals surface area contributed by atoms with Gasteiger partial charge in [-0.1, -0.05) is 91.0 Å². The predicted octanol–water partition coefficient (Wildman–Crippen LogP) is 3.45. The molecule has 0 saturated heterocycles. The van der Waals surface area contributed by atoms with E-state index in [1.54, 1.807) is 0 Å². The normalized spacial score (nSPS) is 12.0. The molecule has 1 unspecified atom stereocenters. The molecule has 0 aliphatic carbocycles. The largest absolute Gasteiger partial charge is 0.480 e.